The summed E-state index contributed by atoms with van der Waals surface area (Å²) in [5.41, 5.74) is 1.99. The van der Waals surface area contributed by atoms with Gasteiger partial charge in [-0.05, 0) is 74.6 Å². The standard InChI is InChI=1S/C23H24FN3O.ClH/c1-15-14-17(6-12-20(15)24)23(28)26-19-10-8-18(9-11-19)25-22-13-7-16-4-2-3-5-21(16)27-22;/h2-7,12-14,18-19H,8-11H2,1H3,(H,25,27)(H,26,28);1H/t18-,19+;. The summed E-state index contributed by atoms with van der Waals surface area (Å²) in [6.07, 6.45) is 3.78. The maximum absolute atomic E-state index is 13.4. The molecule has 152 valence electrons. The first-order valence-electron chi connectivity index (χ1n) is 9.78. The van der Waals surface area contributed by atoms with Crippen LogP contribution in [-0.4, -0.2) is 23.0 Å². The molecule has 0 unspecified atom stereocenters. The van der Waals surface area contributed by atoms with E-state index in [1.54, 1.807) is 13.0 Å². The van der Waals surface area contributed by atoms with Crippen LogP contribution in [0.2, 0.25) is 0 Å². The fourth-order valence-electron chi connectivity index (χ4n) is 3.79. The fourth-order valence-corrected chi connectivity index (χ4v) is 3.79. The number of nitrogens with one attached hydrogen (secondary N) is 2. The Balaban J connectivity index is 0.00000240. The van der Waals surface area contributed by atoms with Crippen LogP contribution in [0, 0.1) is 12.7 Å². The van der Waals surface area contributed by atoms with Gasteiger partial charge in [-0.25, -0.2) is 9.37 Å². The number of hydrogen-bond acceptors (Lipinski definition) is 3. The Labute approximate surface area is 176 Å². The third kappa shape index (κ3) is 5.04. The van der Waals surface area contributed by atoms with Crippen molar-refractivity contribution in [3.8, 4) is 0 Å². The molecular formula is C23H25ClFN3O. The molecule has 1 amide bonds. The summed E-state index contributed by atoms with van der Waals surface area (Å²) < 4.78 is 13.4. The number of benzene rings is 2. The van der Waals surface area contributed by atoms with Crippen molar-refractivity contribution in [2.24, 2.45) is 0 Å². The maximum atomic E-state index is 13.4. The number of carbonyl (C=O) groups excluding carboxylic acids is 1. The molecule has 2 aromatic carbocycles. The largest absolute Gasteiger partial charge is 0.367 e. The third-order valence-electron chi connectivity index (χ3n) is 5.43. The minimum atomic E-state index is -0.287. The lowest BCUT2D eigenvalue weighted by Crippen LogP contribution is -2.40. The minimum Gasteiger partial charge on any atom is -0.367 e. The summed E-state index contributed by atoms with van der Waals surface area (Å²) >= 11 is 0. The molecule has 1 saturated carbocycles. The van der Waals surface area contributed by atoms with Crippen LogP contribution in [-0.2, 0) is 0 Å². The lowest BCUT2D eigenvalue weighted by atomic mass is 9.91. The summed E-state index contributed by atoms with van der Waals surface area (Å²) in [5, 5.41) is 7.75. The zero-order valence-corrected chi connectivity index (χ0v) is 17.1. The minimum absolute atomic E-state index is 0. The van der Waals surface area contributed by atoms with Crippen molar-refractivity contribution < 1.29 is 9.18 Å². The van der Waals surface area contributed by atoms with Crippen molar-refractivity contribution in [1.82, 2.24) is 10.3 Å². The van der Waals surface area contributed by atoms with Crippen LogP contribution in [0.25, 0.3) is 10.9 Å². The lowest BCUT2D eigenvalue weighted by Gasteiger charge is -2.30. The van der Waals surface area contributed by atoms with Crippen LogP contribution in [0.1, 0.15) is 41.6 Å². The first-order chi connectivity index (χ1) is 13.6. The van der Waals surface area contributed by atoms with Crippen LogP contribution >= 0.6 is 12.4 Å². The summed E-state index contributed by atoms with van der Waals surface area (Å²) in [7, 11) is 0. The number of fused-ring (bicyclic) bond motifs is 1. The van der Waals surface area contributed by atoms with Crippen LogP contribution in [0.5, 0.6) is 0 Å². The predicted molar refractivity (Wildman–Crippen MR) is 117 cm³/mol. The molecule has 1 aliphatic rings. The number of aromatic nitrogens is 1. The number of aryl methyl sites for hydroxylation is 1. The highest BCUT2D eigenvalue weighted by atomic mass is 35.5. The van der Waals surface area contributed by atoms with Gasteiger partial charge in [0.2, 0.25) is 0 Å². The van der Waals surface area contributed by atoms with E-state index < -0.39 is 0 Å². The molecule has 0 spiro atoms. The van der Waals surface area contributed by atoms with Crippen molar-refractivity contribution in [3.63, 3.8) is 0 Å². The zero-order chi connectivity index (χ0) is 19.5. The Morgan fingerprint density at radius 2 is 1.72 bits per heavy atom. The number of hydrogen-bond donors (Lipinski definition) is 2. The number of nitrogens with zero attached hydrogens (tertiary/aromatic N) is 1. The van der Waals surface area contributed by atoms with Crippen molar-refractivity contribution >= 4 is 35.0 Å². The highest BCUT2D eigenvalue weighted by molar-refractivity contribution is 5.94. The predicted octanol–water partition coefficient (Wildman–Crippen LogP) is 5.26. The number of rotatable bonds is 4. The topological polar surface area (TPSA) is 54.0 Å². The molecule has 0 bridgehead atoms. The molecule has 1 aromatic heterocycles. The van der Waals surface area contributed by atoms with Gasteiger partial charge < -0.3 is 10.6 Å². The monoisotopic (exact) mass is 413 g/mol. The Kier molecular flexibility index (Phi) is 6.70. The second-order valence-corrected chi connectivity index (χ2v) is 7.52. The molecule has 1 aliphatic carbocycles. The average molecular weight is 414 g/mol. The Hall–Kier alpha value is -2.66. The number of amides is 1. The van der Waals surface area contributed by atoms with E-state index >= 15 is 0 Å². The number of para-hydroxylation sites is 1. The maximum Gasteiger partial charge on any atom is 0.251 e. The molecule has 29 heavy (non-hydrogen) atoms. The molecule has 0 aliphatic heterocycles. The average Bonchev–Trinajstić information content (AvgIpc) is 2.71. The van der Waals surface area contributed by atoms with Gasteiger partial charge in [0, 0.05) is 23.0 Å². The summed E-state index contributed by atoms with van der Waals surface area (Å²) in [6, 6.07) is 17.2. The molecule has 1 fully saturated rings. The Bertz CT molecular complexity index is 1000. The molecule has 6 heteroatoms. The van der Waals surface area contributed by atoms with Crippen molar-refractivity contribution in [2.45, 2.75) is 44.7 Å². The van der Waals surface area contributed by atoms with E-state index in [0.29, 0.717) is 17.2 Å². The first kappa shape index (κ1) is 21.1. The molecule has 2 N–H and O–H groups in total. The van der Waals surface area contributed by atoms with Gasteiger partial charge in [0.1, 0.15) is 11.6 Å². The highest BCUT2D eigenvalue weighted by Crippen LogP contribution is 2.23. The molecule has 4 nitrogen and oxygen atoms in total. The lowest BCUT2D eigenvalue weighted by molar-refractivity contribution is 0.0926. The van der Waals surface area contributed by atoms with Crippen LogP contribution < -0.4 is 10.6 Å². The van der Waals surface area contributed by atoms with Gasteiger partial charge in [0.15, 0.2) is 0 Å². The van der Waals surface area contributed by atoms with Crippen molar-refractivity contribution in [3.05, 3.63) is 71.5 Å². The normalized spacial score (nSPS) is 18.7. The molecule has 0 atom stereocenters. The van der Waals surface area contributed by atoms with Gasteiger partial charge in [0.05, 0.1) is 5.52 Å². The van der Waals surface area contributed by atoms with Gasteiger partial charge in [-0.15, -0.1) is 12.4 Å². The Morgan fingerprint density at radius 1 is 1.00 bits per heavy atom. The van der Waals surface area contributed by atoms with Crippen LogP contribution in [0.15, 0.2) is 54.6 Å². The third-order valence-corrected chi connectivity index (χ3v) is 5.43. The molecule has 0 saturated heterocycles. The Morgan fingerprint density at radius 3 is 2.48 bits per heavy atom. The number of carbonyl (C=O) groups is 1. The second kappa shape index (κ2) is 9.23. The highest BCUT2D eigenvalue weighted by Gasteiger charge is 2.23. The van der Waals surface area contributed by atoms with E-state index in [1.165, 1.54) is 12.1 Å². The van der Waals surface area contributed by atoms with Crippen molar-refractivity contribution in [2.75, 3.05) is 5.32 Å². The van der Waals surface area contributed by atoms with E-state index in [9.17, 15) is 9.18 Å². The van der Waals surface area contributed by atoms with E-state index in [0.717, 1.165) is 42.4 Å². The molecular weight excluding hydrogens is 389 g/mol. The zero-order valence-electron chi connectivity index (χ0n) is 16.3. The van der Waals surface area contributed by atoms with E-state index in [4.69, 9.17) is 0 Å². The molecule has 3 aromatic rings. The van der Waals surface area contributed by atoms with Gasteiger partial charge in [0.25, 0.3) is 5.91 Å². The molecule has 0 radical (unpaired) electrons. The van der Waals surface area contributed by atoms with Crippen molar-refractivity contribution in [1.29, 1.82) is 0 Å². The molecule has 1 heterocycles. The number of anilines is 1. The summed E-state index contributed by atoms with van der Waals surface area (Å²) in [6.45, 7) is 1.67. The number of halogens is 2. The van der Waals surface area contributed by atoms with Crippen LogP contribution in [0.3, 0.4) is 0 Å². The fraction of sp³-hybridized carbons (Fsp3) is 0.304. The second-order valence-electron chi connectivity index (χ2n) is 7.52. The van der Waals surface area contributed by atoms with Gasteiger partial charge in [-0.3, -0.25) is 4.79 Å². The van der Waals surface area contributed by atoms with Gasteiger partial charge in [-0.1, -0.05) is 18.2 Å². The van der Waals surface area contributed by atoms with E-state index in [1.807, 2.05) is 24.3 Å². The van der Waals surface area contributed by atoms with E-state index in [-0.39, 0.29) is 30.2 Å². The smallest absolute Gasteiger partial charge is 0.251 e. The number of pyridine rings is 1. The molecule has 4 rings (SSSR count). The quantitative estimate of drug-likeness (QED) is 0.613. The first-order valence-corrected chi connectivity index (χ1v) is 9.78. The summed E-state index contributed by atoms with van der Waals surface area (Å²) in [4.78, 5) is 17.1. The SMILES string of the molecule is Cc1cc(C(=O)N[C@H]2CC[C@@H](Nc3ccc4ccccc4n3)CC2)ccc1F.Cl. The van der Waals surface area contributed by atoms with Gasteiger partial charge in [-0.2, -0.15) is 0 Å². The van der Waals surface area contributed by atoms with E-state index in [2.05, 4.69) is 27.8 Å². The summed E-state index contributed by atoms with van der Waals surface area (Å²) in [5.74, 6) is 0.481. The van der Waals surface area contributed by atoms with Crippen LogP contribution in [0.4, 0.5) is 10.2 Å². The van der Waals surface area contributed by atoms with Gasteiger partial charge >= 0.3 is 0 Å².